The lowest BCUT2D eigenvalue weighted by Gasteiger charge is -2.27. The van der Waals surface area contributed by atoms with Crippen LogP contribution >= 0.6 is 0 Å². The first-order valence-corrected chi connectivity index (χ1v) is 10.5. The van der Waals surface area contributed by atoms with Crippen molar-refractivity contribution in [2.24, 2.45) is 5.92 Å². The van der Waals surface area contributed by atoms with E-state index in [0.717, 1.165) is 38.1 Å². The van der Waals surface area contributed by atoms with Crippen LogP contribution in [-0.2, 0) is 17.4 Å². The molecule has 1 aliphatic heterocycles. The summed E-state index contributed by atoms with van der Waals surface area (Å²) < 4.78 is 43.4. The van der Waals surface area contributed by atoms with Crippen molar-refractivity contribution >= 4 is 5.78 Å². The van der Waals surface area contributed by atoms with Crippen LogP contribution in [0.15, 0.2) is 48.5 Å². The molecule has 7 heteroatoms. The molecule has 168 valence electrons. The minimum Gasteiger partial charge on any atom is -0.497 e. The van der Waals surface area contributed by atoms with Gasteiger partial charge in [0, 0.05) is 25.3 Å². The molecule has 0 amide bonds. The first-order chi connectivity index (χ1) is 14.8. The highest BCUT2D eigenvalue weighted by atomic mass is 19.4. The molecule has 2 aromatic carbocycles. The molecular formula is C24H28F3NO3. The van der Waals surface area contributed by atoms with Crippen molar-refractivity contribution in [3.05, 3.63) is 65.2 Å². The van der Waals surface area contributed by atoms with Crippen LogP contribution in [-0.4, -0.2) is 42.5 Å². The molecule has 1 heterocycles. The Balaban J connectivity index is 1.68. The van der Waals surface area contributed by atoms with Crippen LogP contribution in [0, 0.1) is 5.92 Å². The summed E-state index contributed by atoms with van der Waals surface area (Å²) in [6.45, 7) is 2.49. The van der Waals surface area contributed by atoms with Crippen LogP contribution in [0.5, 0.6) is 5.75 Å². The number of alkyl halides is 3. The van der Waals surface area contributed by atoms with Gasteiger partial charge >= 0.3 is 6.18 Å². The standard InChI is InChI=1S/C24H28F3NO3/c1-31-22-10-6-18(7-11-22)23(30)19(16-28-12-2-3-13-28)15-21(29)14-17-4-8-20(9-5-17)24(25,26)27/h4-11,19,23,30H,2-3,12-16H2,1H3/t19-,23-/m1/s1. The highest BCUT2D eigenvalue weighted by Crippen LogP contribution is 2.30. The summed E-state index contributed by atoms with van der Waals surface area (Å²) in [5.41, 5.74) is 0.523. The summed E-state index contributed by atoms with van der Waals surface area (Å²) in [6.07, 6.45) is -2.81. The van der Waals surface area contributed by atoms with Gasteiger partial charge in [-0.25, -0.2) is 0 Å². The highest BCUT2D eigenvalue weighted by Gasteiger charge is 2.30. The number of nitrogens with zero attached hydrogens (tertiary/aromatic N) is 1. The summed E-state index contributed by atoms with van der Waals surface area (Å²) in [7, 11) is 1.57. The molecule has 31 heavy (non-hydrogen) atoms. The van der Waals surface area contributed by atoms with E-state index in [1.807, 2.05) is 0 Å². The zero-order chi connectivity index (χ0) is 22.4. The molecule has 0 radical (unpaired) electrons. The van der Waals surface area contributed by atoms with Crippen LogP contribution in [0.4, 0.5) is 13.2 Å². The van der Waals surface area contributed by atoms with E-state index in [1.54, 1.807) is 31.4 Å². The molecule has 0 saturated carbocycles. The SMILES string of the molecule is COc1ccc([C@@H](O)[C@H](CC(=O)Cc2ccc(C(F)(F)F)cc2)CN2CCCC2)cc1. The van der Waals surface area contributed by atoms with Gasteiger partial charge in [-0.1, -0.05) is 24.3 Å². The Hall–Kier alpha value is -2.38. The number of hydrogen-bond acceptors (Lipinski definition) is 4. The van der Waals surface area contributed by atoms with E-state index in [4.69, 9.17) is 4.74 Å². The summed E-state index contributed by atoms with van der Waals surface area (Å²) >= 11 is 0. The quantitative estimate of drug-likeness (QED) is 0.622. The summed E-state index contributed by atoms with van der Waals surface area (Å²) in [6, 6.07) is 11.8. The molecule has 1 fully saturated rings. The Morgan fingerprint density at radius 2 is 1.68 bits per heavy atom. The van der Waals surface area contributed by atoms with Crippen LogP contribution in [0.1, 0.15) is 42.1 Å². The van der Waals surface area contributed by atoms with E-state index in [2.05, 4.69) is 4.90 Å². The Morgan fingerprint density at radius 3 is 2.23 bits per heavy atom. The van der Waals surface area contributed by atoms with E-state index in [-0.39, 0.29) is 24.5 Å². The van der Waals surface area contributed by atoms with Crippen molar-refractivity contribution in [3.8, 4) is 5.75 Å². The minimum atomic E-state index is -4.40. The molecule has 3 rings (SSSR count). The minimum absolute atomic E-state index is 0.0456. The lowest BCUT2D eigenvalue weighted by molar-refractivity contribution is -0.137. The number of methoxy groups -OCH3 is 1. The predicted molar refractivity (Wildman–Crippen MR) is 112 cm³/mol. The number of aliphatic hydroxyl groups is 1. The number of halogens is 3. The number of benzene rings is 2. The molecule has 1 saturated heterocycles. The van der Waals surface area contributed by atoms with E-state index in [0.29, 0.717) is 23.4 Å². The van der Waals surface area contributed by atoms with Gasteiger partial charge in [0.25, 0.3) is 0 Å². The van der Waals surface area contributed by atoms with E-state index >= 15 is 0 Å². The van der Waals surface area contributed by atoms with Crippen LogP contribution in [0.25, 0.3) is 0 Å². The van der Waals surface area contributed by atoms with E-state index < -0.39 is 17.8 Å². The number of carbonyl (C=O) groups excluding carboxylic acids is 1. The number of likely N-dealkylation sites (tertiary alicyclic amines) is 1. The number of hydrogen-bond donors (Lipinski definition) is 1. The van der Waals surface area contributed by atoms with Crippen molar-refractivity contribution in [3.63, 3.8) is 0 Å². The van der Waals surface area contributed by atoms with Gasteiger partial charge in [-0.2, -0.15) is 13.2 Å². The molecule has 1 N–H and O–H groups in total. The second kappa shape index (κ2) is 10.3. The molecular weight excluding hydrogens is 407 g/mol. The van der Waals surface area contributed by atoms with Crippen molar-refractivity contribution < 1.29 is 27.8 Å². The summed E-state index contributed by atoms with van der Waals surface area (Å²) in [5.74, 6) is 0.287. The van der Waals surface area contributed by atoms with Crippen molar-refractivity contribution in [2.45, 2.75) is 38.0 Å². The average Bonchev–Trinajstić information content (AvgIpc) is 3.25. The normalized spacial score (nSPS) is 16.8. The molecule has 0 spiro atoms. The molecule has 4 nitrogen and oxygen atoms in total. The van der Waals surface area contributed by atoms with E-state index in [9.17, 15) is 23.1 Å². The Kier molecular flexibility index (Phi) is 7.73. The number of rotatable bonds is 9. The molecule has 2 aromatic rings. The van der Waals surface area contributed by atoms with Crippen LogP contribution in [0.2, 0.25) is 0 Å². The fourth-order valence-corrected chi connectivity index (χ4v) is 4.05. The van der Waals surface area contributed by atoms with Crippen molar-refractivity contribution in [2.75, 3.05) is 26.7 Å². The molecule has 2 atom stereocenters. The van der Waals surface area contributed by atoms with Gasteiger partial charge in [0.15, 0.2) is 0 Å². The maximum absolute atomic E-state index is 12.7. The fraction of sp³-hybridized carbons (Fsp3) is 0.458. The van der Waals surface area contributed by atoms with Gasteiger partial charge in [0.05, 0.1) is 18.8 Å². The van der Waals surface area contributed by atoms with E-state index in [1.165, 1.54) is 12.1 Å². The Bertz CT molecular complexity index is 844. The van der Waals surface area contributed by atoms with Crippen molar-refractivity contribution in [1.82, 2.24) is 4.90 Å². The van der Waals surface area contributed by atoms with Gasteiger partial charge in [0.1, 0.15) is 11.5 Å². The van der Waals surface area contributed by atoms with Gasteiger partial charge in [-0.05, 0) is 61.3 Å². The predicted octanol–water partition coefficient (Wildman–Crippen LogP) is 4.66. The molecule has 0 bridgehead atoms. The highest BCUT2D eigenvalue weighted by molar-refractivity contribution is 5.81. The molecule has 0 unspecified atom stereocenters. The topological polar surface area (TPSA) is 49.8 Å². The second-order valence-corrected chi connectivity index (χ2v) is 8.10. The third-order valence-electron chi connectivity index (χ3n) is 5.77. The summed E-state index contributed by atoms with van der Waals surface area (Å²) in [5, 5.41) is 11.0. The first kappa shape index (κ1) is 23.3. The Labute approximate surface area is 180 Å². The maximum atomic E-state index is 12.7. The van der Waals surface area contributed by atoms with Gasteiger partial charge in [-0.3, -0.25) is 4.79 Å². The van der Waals surface area contributed by atoms with Crippen LogP contribution < -0.4 is 4.74 Å². The number of ether oxygens (including phenoxy) is 1. The summed E-state index contributed by atoms with van der Waals surface area (Å²) in [4.78, 5) is 15.0. The van der Waals surface area contributed by atoms with Crippen molar-refractivity contribution in [1.29, 1.82) is 0 Å². The second-order valence-electron chi connectivity index (χ2n) is 8.10. The molecule has 0 aromatic heterocycles. The number of carbonyl (C=O) groups is 1. The third kappa shape index (κ3) is 6.55. The zero-order valence-corrected chi connectivity index (χ0v) is 17.6. The maximum Gasteiger partial charge on any atom is 0.416 e. The zero-order valence-electron chi connectivity index (χ0n) is 17.6. The van der Waals surface area contributed by atoms with Gasteiger partial charge < -0.3 is 14.7 Å². The smallest absolute Gasteiger partial charge is 0.416 e. The number of aliphatic hydroxyl groups excluding tert-OH is 1. The number of ketones is 1. The fourth-order valence-electron chi connectivity index (χ4n) is 4.05. The van der Waals surface area contributed by atoms with Gasteiger partial charge in [0.2, 0.25) is 0 Å². The van der Waals surface area contributed by atoms with Gasteiger partial charge in [-0.15, -0.1) is 0 Å². The lowest BCUT2D eigenvalue weighted by Crippen LogP contribution is -2.32. The Morgan fingerprint density at radius 1 is 1.06 bits per heavy atom. The first-order valence-electron chi connectivity index (χ1n) is 10.5. The number of Topliss-reactive ketones (excluding diaryl/α,β-unsaturated/α-hetero) is 1. The monoisotopic (exact) mass is 435 g/mol. The van der Waals surface area contributed by atoms with Crippen LogP contribution in [0.3, 0.4) is 0 Å². The largest absolute Gasteiger partial charge is 0.497 e. The third-order valence-corrected chi connectivity index (χ3v) is 5.77. The molecule has 0 aliphatic carbocycles. The molecule has 1 aliphatic rings. The lowest BCUT2D eigenvalue weighted by atomic mass is 9.89. The average molecular weight is 435 g/mol.